The van der Waals surface area contributed by atoms with Gasteiger partial charge in [0.2, 0.25) is 11.8 Å². The SMILES string of the molecule is COCCOCC(=O)N1CCCC[C@H]1c1ncc(Cc2cccc(F)c2)o1. The summed E-state index contributed by atoms with van der Waals surface area (Å²) in [6.07, 6.45) is 4.90. The van der Waals surface area contributed by atoms with Gasteiger partial charge in [0.05, 0.1) is 19.4 Å². The number of halogens is 1. The Kier molecular flexibility index (Phi) is 6.95. The minimum absolute atomic E-state index is 0.0245. The van der Waals surface area contributed by atoms with Crippen LogP contribution in [-0.4, -0.2) is 49.3 Å². The van der Waals surface area contributed by atoms with E-state index in [0.29, 0.717) is 37.8 Å². The third-order valence-corrected chi connectivity index (χ3v) is 4.60. The molecule has 1 atom stereocenters. The number of hydrogen-bond acceptors (Lipinski definition) is 5. The molecular formula is C20H25FN2O4. The van der Waals surface area contributed by atoms with Crippen molar-refractivity contribution in [1.82, 2.24) is 9.88 Å². The van der Waals surface area contributed by atoms with Crippen molar-refractivity contribution in [3.63, 3.8) is 0 Å². The average Bonchev–Trinajstić information content (AvgIpc) is 3.13. The van der Waals surface area contributed by atoms with E-state index in [1.54, 1.807) is 24.3 Å². The molecule has 2 heterocycles. The van der Waals surface area contributed by atoms with Gasteiger partial charge in [0.15, 0.2) is 0 Å². The second-order valence-corrected chi connectivity index (χ2v) is 6.62. The van der Waals surface area contributed by atoms with E-state index < -0.39 is 0 Å². The van der Waals surface area contributed by atoms with Crippen LogP contribution in [-0.2, 0) is 20.7 Å². The van der Waals surface area contributed by atoms with Crippen molar-refractivity contribution in [2.24, 2.45) is 0 Å². The summed E-state index contributed by atoms with van der Waals surface area (Å²) in [6.45, 7) is 1.53. The van der Waals surface area contributed by atoms with Gasteiger partial charge in [0.25, 0.3) is 0 Å². The quantitative estimate of drug-likeness (QED) is 0.663. The molecule has 27 heavy (non-hydrogen) atoms. The van der Waals surface area contributed by atoms with E-state index in [1.807, 2.05) is 6.07 Å². The van der Waals surface area contributed by atoms with Gasteiger partial charge in [-0.25, -0.2) is 9.37 Å². The van der Waals surface area contributed by atoms with Gasteiger partial charge in [-0.15, -0.1) is 0 Å². The molecule has 1 amide bonds. The van der Waals surface area contributed by atoms with Crippen molar-refractivity contribution >= 4 is 5.91 Å². The highest BCUT2D eigenvalue weighted by Gasteiger charge is 2.31. The number of methoxy groups -OCH3 is 1. The van der Waals surface area contributed by atoms with Crippen molar-refractivity contribution in [3.8, 4) is 0 Å². The van der Waals surface area contributed by atoms with Gasteiger partial charge in [-0.3, -0.25) is 4.79 Å². The van der Waals surface area contributed by atoms with Crippen LogP contribution < -0.4 is 0 Å². The highest BCUT2D eigenvalue weighted by Crippen LogP contribution is 2.31. The number of likely N-dealkylation sites (tertiary alicyclic amines) is 1. The lowest BCUT2D eigenvalue weighted by Crippen LogP contribution is -2.40. The molecule has 0 N–H and O–H groups in total. The fourth-order valence-corrected chi connectivity index (χ4v) is 3.28. The third kappa shape index (κ3) is 5.37. The van der Waals surface area contributed by atoms with E-state index in [2.05, 4.69) is 4.98 Å². The van der Waals surface area contributed by atoms with Crippen LogP contribution in [0.15, 0.2) is 34.9 Å². The lowest BCUT2D eigenvalue weighted by atomic mass is 10.0. The second kappa shape index (κ2) is 9.62. The molecule has 7 heteroatoms. The molecule has 6 nitrogen and oxygen atoms in total. The molecule has 2 aromatic rings. The molecule has 1 saturated heterocycles. The normalized spacial score (nSPS) is 17.3. The number of oxazole rings is 1. The monoisotopic (exact) mass is 376 g/mol. The summed E-state index contributed by atoms with van der Waals surface area (Å²) < 4.78 is 29.5. The molecule has 1 fully saturated rings. The fourth-order valence-electron chi connectivity index (χ4n) is 3.28. The van der Waals surface area contributed by atoms with Crippen molar-refractivity contribution in [3.05, 3.63) is 53.5 Å². The van der Waals surface area contributed by atoms with Crippen LogP contribution in [0.2, 0.25) is 0 Å². The van der Waals surface area contributed by atoms with Crippen molar-refractivity contribution in [1.29, 1.82) is 0 Å². The molecule has 0 aliphatic carbocycles. The highest BCUT2D eigenvalue weighted by molar-refractivity contribution is 5.78. The van der Waals surface area contributed by atoms with Crippen LogP contribution in [0.3, 0.4) is 0 Å². The van der Waals surface area contributed by atoms with E-state index in [0.717, 1.165) is 24.8 Å². The van der Waals surface area contributed by atoms with Crippen LogP contribution >= 0.6 is 0 Å². The molecule has 0 bridgehead atoms. The molecule has 1 aromatic carbocycles. The minimum atomic E-state index is -0.273. The first kappa shape index (κ1) is 19.5. The predicted molar refractivity (Wildman–Crippen MR) is 96.7 cm³/mol. The van der Waals surface area contributed by atoms with E-state index >= 15 is 0 Å². The summed E-state index contributed by atoms with van der Waals surface area (Å²) in [5, 5.41) is 0. The Bertz CT molecular complexity index is 749. The number of nitrogens with zero attached hydrogens (tertiary/aromatic N) is 2. The molecule has 1 aliphatic heterocycles. The van der Waals surface area contributed by atoms with Gasteiger partial charge in [-0.1, -0.05) is 12.1 Å². The molecule has 0 spiro atoms. The van der Waals surface area contributed by atoms with Crippen molar-refractivity contribution in [2.75, 3.05) is 33.5 Å². The number of ether oxygens (including phenoxy) is 2. The first-order valence-corrected chi connectivity index (χ1v) is 9.22. The zero-order chi connectivity index (χ0) is 19.1. The number of benzene rings is 1. The summed E-state index contributed by atoms with van der Waals surface area (Å²) in [5.41, 5.74) is 0.820. The Morgan fingerprint density at radius 2 is 2.26 bits per heavy atom. The van der Waals surface area contributed by atoms with Crippen molar-refractivity contribution in [2.45, 2.75) is 31.7 Å². The maximum absolute atomic E-state index is 13.3. The zero-order valence-electron chi connectivity index (χ0n) is 15.5. The Hall–Kier alpha value is -2.25. The van der Waals surface area contributed by atoms with Gasteiger partial charge in [-0.2, -0.15) is 0 Å². The number of aromatic nitrogens is 1. The van der Waals surface area contributed by atoms with Gasteiger partial charge >= 0.3 is 0 Å². The van der Waals surface area contributed by atoms with Crippen LogP contribution in [0.1, 0.15) is 42.5 Å². The summed E-state index contributed by atoms with van der Waals surface area (Å²) in [6, 6.07) is 6.23. The number of piperidine rings is 1. The first-order chi connectivity index (χ1) is 13.2. The lowest BCUT2D eigenvalue weighted by molar-refractivity contribution is -0.141. The molecular weight excluding hydrogens is 351 g/mol. The van der Waals surface area contributed by atoms with E-state index in [9.17, 15) is 9.18 Å². The van der Waals surface area contributed by atoms with Gasteiger partial charge in [0, 0.05) is 20.1 Å². The lowest BCUT2D eigenvalue weighted by Gasteiger charge is -2.33. The minimum Gasteiger partial charge on any atom is -0.443 e. The molecule has 1 aliphatic rings. The first-order valence-electron chi connectivity index (χ1n) is 9.22. The van der Waals surface area contributed by atoms with Crippen LogP contribution in [0, 0.1) is 5.82 Å². The number of carbonyl (C=O) groups excluding carboxylic acids is 1. The molecule has 1 aromatic heterocycles. The third-order valence-electron chi connectivity index (χ3n) is 4.60. The fraction of sp³-hybridized carbons (Fsp3) is 0.500. The van der Waals surface area contributed by atoms with Gasteiger partial charge in [0.1, 0.15) is 24.2 Å². The number of carbonyl (C=O) groups is 1. The topological polar surface area (TPSA) is 64.8 Å². The molecule has 0 saturated carbocycles. The van der Waals surface area contributed by atoms with Crippen molar-refractivity contribution < 1.29 is 23.1 Å². The Labute approximate surface area is 158 Å². The zero-order valence-corrected chi connectivity index (χ0v) is 15.5. The summed E-state index contributed by atoms with van der Waals surface area (Å²) in [4.78, 5) is 18.7. The van der Waals surface area contributed by atoms with E-state index in [-0.39, 0.29) is 24.4 Å². The molecule has 146 valence electrons. The Morgan fingerprint density at radius 1 is 1.37 bits per heavy atom. The molecule has 3 rings (SSSR count). The summed E-state index contributed by atoms with van der Waals surface area (Å²) in [5.74, 6) is 0.849. The highest BCUT2D eigenvalue weighted by atomic mass is 19.1. The maximum atomic E-state index is 13.3. The second-order valence-electron chi connectivity index (χ2n) is 6.62. The summed E-state index contributed by atoms with van der Waals surface area (Å²) >= 11 is 0. The standard InChI is InChI=1S/C20H25FN2O4/c1-25-9-10-26-14-19(24)23-8-3-2-7-18(23)20-22-13-17(27-20)12-15-5-4-6-16(21)11-15/h4-6,11,13,18H,2-3,7-10,12,14H2,1H3/t18-/m0/s1. The molecule has 0 unspecified atom stereocenters. The predicted octanol–water partition coefficient (Wildman–Crippen LogP) is 3.12. The molecule has 0 radical (unpaired) electrons. The Balaban J connectivity index is 1.64. The van der Waals surface area contributed by atoms with E-state index in [1.165, 1.54) is 12.1 Å². The summed E-state index contributed by atoms with van der Waals surface area (Å²) in [7, 11) is 1.59. The average molecular weight is 376 g/mol. The van der Waals surface area contributed by atoms with Crippen LogP contribution in [0.5, 0.6) is 0 Å². The van der Waals surface area contributed by atoms with Gasteiger partial charge < -0.3 is 18.8 Å². The van der Waals surface area contributed by atoms with Gasteiger partial charge in [-0.05, 0) is 37.0 Å². The smallest absolute Gasteiger partial charge is 0.249 e. The number of amides is 1. The Morgan fingerprint density at radius 3 is 3.07 bits per heavy atom. The largest absolute Gasteiger partial charge is 0.443 e. The van der Waals surface area contributed by atoms with E-state index in [4.69, 9.17) is 13.9 Å². The number of rotatable bonds is 8. The number of hydrogen-bond donors (Lipinski definition) is 0. The van der Waals surface area contributed by atoms with Crippen LogP contribution in [0.4, 0.5) is 4.39 Å². The van der Waals surface area contributed by atoms with Crippen LogP contribution in [0.25, 0.3) is 0 Å². The maximum Gasteiger partial charge on any atom is 0.249 e.